The van der Waals surface area contributed by atoms with Crippen LogP contribution in [-0.2, 0) is 10.2 Å². The Bertz CT molecular complexity index is 1730. The summed E-state index contributed by atoms with van der Waals surface area (Å²) in [5.41, 5.74) is 6.01. The first-order chi connectivity index (χ1) is 20.8. The summed E-state index contributed by atoms with van der Waals surface area (Å²) in [7, 11) is 3.14. The molecule has 0 aliphatic carbocycles. The maximum atomic E-state index is 12.5. The van der Waals surface area contributed by atoms with Gasteiger partial charge in [-0.3, -0.25) is 14.3 Å². The number of nitrogen functional groups attached to an aromatic ring is 1. The van der Waals surface area contributed by atoms with Crippen molar-refractivity contribution in [1.82, 2.24) is 19.5 Å². The monoisotopic (exact) mass is 585 g/mol. The van der Waals surface area contributed by atoms with Gasteiger partial charge in [0.25, 0.3) is 5.56 Å². The highest BCUT2D eigenvalue weighted by atomic mass is 16.6. The second kappa shape index (κ2) is 11.2. The summed E-state index contributed by atoms with van der Waals surface area (Å²) in [6, 6.07) is 23.9. The molecule has 12 nitrogen and oxygen atoms in total. The number of nitrogens with one attached hydrogen (secondary N) is 1. The van der Waals surface area contributed by atoms with Gasteiger partial charge in [0.15, 0.2) is 17.4 Å². The minimum atomic E-state index is -1.55. The summed E-state index contributed by atoms with van der Waals surface area (Å²) in [6.45, 7) is 0. The summed E-state index contributed by atoms with van der Waals surface area (Å²) < 4.78 is 18.4. The molecule has 3 aromatic carbocycles. The van der Waals surface area contributed by atoms with Gasteiger partial charge in [-0.2, -0.15) is 4.98 Å². The van der Waals surface area contributed by atoms with Crippen molar-refractivity contribution in [3.63, 3.8) is 0 Å². The number of methoxy groups -OCH3 is 2. The number of rotatable bonds is 8. The number of aliphatic hydroxyl groups is 3. The molecule has 0 radical (unpaired) electrons. The van der Waals surface area contributed by atoms with Gasteiger partial charge in [-0.05, 0) is 41.0 Å². The van der Waals surface area contributed by atoms with Crippen molar-refractivity contribution in [2.75, 3.05) is 20.0 Å². The molecule has 1 saturated heterocycles. The molecule has 0 spiro atoms. The number of nitrogens with zero attached hydrogens (tertiary/aromatic N) is 3. The maximum Gasteiger partial charge on any atom is 0.280 e. The Hall–Kier alpha value is -4.75. The molecule has 0 saturated carbocycles. The van der Waals surface area contributed by atoms with Crippen molar-refractivity contribution in [2.24, 2.45) is 0 Å². The number of hydrogen-bond acceptors (Lipinski definition) is 10. The molecule has 6 N–H and O–H groups in total. The SMILES string of the molecule is COc1ccc(C(c2ccccc2)(c2ccc(OC)cc2)C(O)[C@H]2O[C@@H](n3cnc4c(=O)[nH]c(N)nc43)[C@H](O)[C@@H]2O)cc1. The third-order valence-electron chi connectivity index (χ3n) is 8.07. The molecule has 1 unspecified atom stereocenters. The van der Waals surface area contributed by atoms with Gasteiger partial charge in [-0.25, -0.2) is 4.98 Å². The quantitative estimate of drug-likeness (QED) is 0.169. The zero-order valence-corrected chi connectivity index (χ0v) is 23.4. The summed E-state index contributed by atoms with van der Waals surface area (Å²) in [6.07, 6.45) is -5.80. The van der Waals surface area contributed by atoms with Crippen LogP contribution in [0.3, 0.4) is 0 Å². The smallest absolute Gasteiger partial charge is 0.280 e. The second-order valence-corrected chi connectivity index (χ2v) is 10.3. The Morgan fingerprint density at radius 3 is 2.02 bits per heavy atom. The normalized spacial score (nSPS) is 21.1. The van der Waals surface area contributed by atoms with E-state index in [0.29, 0.717) is 28.2 Å². The summed E-state index contributed by atoms with van der Waals surface area (Å²) in [5, 5.41) is 35.2. The fourth-order valence-corrected chi connectivity index (χ4v) is 5.97. The first-order valence-corrected chi connectivity index (χ1v) is 13.6. The van der Waals surface area contributed by atoms with Gasteiger partial charge in [0.05, 0.1) is 26.0 Å². The van der Waals surface area contributed by atoms with Crippen LogP contribution in [0.2, 0.25) is 0 Å². The molecule has 5 aromatic rings. The van der Waals surface area contributed by atoms with Crippen molar-refractivity contribution in [1.29, 1.82) is 0 Å². The summed E-state index contributed by atoms with van der Waals surface area (Å²) >= 11 is 0. The molecule has 12 heteroatoms. The third-order valence-corrected chi connectivity index (χ3v) is 8.07. The lowest BCUT2D eigenvalue weighted by atomic mass is 9.64. The van der Waals surface area contributed by atoms with E-state index < -0.39 is 41.6 Å². The molecule has 3 heterocycles. The minimum absolute atomic E-state index is 0.0152. The zero-order chi connectivity index (χ0) is 30.3. The number of nitrogens with two attached hydrogens (primary N) is 1. The summed E-state index contributed by atoms with van der Waals surface area (Å²) in [4.78, 5) is 23.0. The molecule has 43 heavy (non-hydrogen) atoms. The van der Waals surface area contributed by atoms with Crippen molar-refractivity contribution in [3.05, 3.63) is 112 Å². The fraction of sp³-hybridized carbons (Fsp3) is 0.258. The van der Waals surface area contributed by atoms with Crippen LogP contribution in [0, 0.1) is 0 Å². The van der Waals surface area contributed by atoms with Crippen LogP contribution in [0.5, 0.6) is 11.5 Å². The number of aromatic nitrogens is 4. The highest BCUT2D eigenvalue weighted by molar-refractivity contribution is 5.70. The first kappa shape index (κ1) is 28.4. The number of anilines is 1. The molecule has 0 amide bonds. The van der Waals surface area contributed by atoms with Crippen molar-refractivity contribution >= 4 is 17.1 Å². The summed E-state index contributed by atoms with van der Waals surface area (Å²) in [5.74, 6) is 1.10. The van der Waals surface area contributed by atoms with Gasteiger partial charge in [0.2, 0.25) is 5.95 Å². The average Bonchev–Trinajstić information content (AvgIpc) is 3.58. The molecule has 6 rings (SSSR count). The van der Waals surface area contributed by atoms with E-state index in [1.165, 1.54) is 10.9 Å². The number of aromatic amines is 1. The average molecular weight is 586 g/mol. The molecule has 1 fully saturated rings. The van der Waals surface area contributed by atoms with Crippen LogP contribution in [-0.4, -0.2) is 73.5 Å². The number of hydrogen-bond donors (Lipinski definition) is 5. The van der Waals surface area contributed by atoms with Gasteiger partial charge < -0.3 is 35.3 Å². The van der Waals surface area contributed by atoms with E-state index in [1.807, 2.05) is 54.6 Å². The lowest BCUT2D eigenvalue weighted by molar-refractivity contribution is -0.0972. The second-order valence-electron chi connectivity index (χ2n) is 10.3. The first-order valence-electron chi connectivity index (χ1n) is 13.6. The molecular weight excluding hydrogens is 554 g/mol. The van der Waals surface area contributed by atoms with E-state index in [4.69, 9.17) is 19.9 Å². The van der Waals surface area contributed by atoms with Gasteiger partial charge in [-0.1, -0.05) is 54.6 Å². The fourth-order valence-electron chi connectivity index (χ4n) is 5.97. The van der Waals surface area contributed by atoms with E-state index in [2.05, 4.69) is 15.0 Å². The van der Waals surface area contributed by atoms with Crippen LogP contribution in [0.4, 0.5) is 5.95 Å². The van der Waals surface area contributed by atoms with Gasteiger partial charge >= 0.3 is 0 Å². The topological polar surface area (TPSA) is 178 Å². The highest BCUT2D eigenvalue weighted by Crippen LogP contribution is 2.47. The molecular formula is C31H31N5O7. The Morgan fingerprint density at radius 1 is 0.907 bits per heavy atom. The lowest BCUT2D eigenvalue weighted by Crippen LogP contribution is -2.52. The van der Waals surface area contributed by atoms with Gasteiger partial charge in [0, 0.05) is 0 Å². The van der Waals surface area contributed by atoms with E-state index in [0.717, 1.165) is 0 Å². The van der Waals surface area contributed by atoms with E-state index in [9.17, 15) is 20.1 Å². The van der Waals surface area contributed by atoms with Crippen molar-refractivity contribution < 1.29 is 29.5 Å². The van der Waals surface area contributed by atoms with Crippen molar-refractivity contribution in [2.45, 2.75) is 36.1 Å². The molecule has 0 bridgehead atoms. The van der Waals surface area contributed by atoms with E-state index >= 15 is 0 Å². The maximum absolute atomic E-state index is 12.5. The molecule has 1 aliphatic rings. The number of fused-ring (bicyclic) bond motifs is 1. The number of benzene rings is 3. The number of ether oxygens (including phenoxy) is 3. The number of aliphatic hydroxyl groups excluding tert-OH is 3. The van der Waals surface area contributed by atoms with Crippen LogP contribution in [0.25, 0.3) is 11.2 Å². The molecule has 1 aliphatic heterocycles. The largest absolute Gasteiger partial charge is 0.497 e. The Kier molecular flexibility index (Phi) is 7.36. The molecule has 2 aromatic heterocycles. The van der Waals surface area contributed by atoms with E-state index in [-0.39, 0.29) is 17.1 Å². The Morgan fingerprint density at radius 2 is 1.47 bits per heavy atom. The Balaban J connectivity index is 1.52. The van der Waals surface area contributed by atoms with Gasteiger partial charge in [0.1, 0.15) is 35.9 Å². The predicted octanol–water partition coefficient (Wildman–Crippen LogP) is 1.73. The van der Waals surface area contributed by atoms with Crippen LogP contribution < -0.4 is 20.8 Å². The Labute approximate surface area is 246 Å². The van der Waals surface area contributed by atoms with Crippen molar-refractivity contribution in [3.8, 4) is 11.5 Å². The molecule has 5 atom stereocenters. The lowest BCUT2D eigenvalue weighted by Gasteiger charge is -2.42. The van der Waals surface area contributed by atoms with E-state index in [1.54, 1.807) is 38.5 Å². The third kappa shape index (κ3) is 4.61. The highest BCUT2D eigenvalue weighted by Gasteiger charge is 2.55. The minimum Gasteiger partial charge on any atom is -0.497 e. The molecule has 222 valence electrons. The number of H-pyrrole nitrogens is 1. The van der Waals surface area contributed by atoms with Crippen LogP contribution in [0.1, 0.15) is 22.9 Å². The standard InChI is InChI=1S/C31H31N5O7/c1-41-20-12-8-18(9-13-20)31(17-6-4-3-5-7-17,19-10-14-21(42-2)15-11-19)26(39)25-23(37)24(38)29(43-25)36-16-33-22-27(36)34-30(32)35-28(22)40/h3-16,23-26,29,37-39H,1-2H3,(H3,32,34,35,40)/t23-,24+,25-,26?,29+/m0/s1. The number of imidazole rings is 1. The van der Waals surface area contributed by atoms with Crippen LogP contribution in [0.15, 0.2) is 90.0 Å². The van der Waals surface area contributed by atoms with Crippen LogP contribution >= 0.6 is 0 Å². The predicted molar refractivity (Wildman–Crippen MR) is 157 cm³/mol. The van der Waals surface area contributed by atoms with Gasteiger partial charge in [-0.15, -0.1) is 0 Å². The zero-order valence-electron chi connectivity index (χ0n) is 23.4.